The second-order valence-electron chi connectivity index (χ2n) is 4.71. The van der Waals surface area contributed by atoms with Crippen molar-refractivity contribution in [1.82, 2.24) is 14.8 Å². The normalized spacial score (nSPS) is 11.4. The molecule has 0 radical (unpaired) electrons. The molecule has 0 unspecified atom stereocenters. The minimum atomic E-state index is -0.0486. The first-order chi connectivity index (χ1) is 8.58. The summed E-state index contributed by atoms with van der Waals surface area (Å²) >= 11 is 0. The van der Waals surface area contributed by atoms with Crippen LogP contribution in [0.25, 0.3) is 10.9 Å². The predicted molar refractivity (Wildman–Crippen MR) is 72.9 cm³/mol. The lowest BCUT2D eigenvalue weighted by Gasteiger charge is -2.10. The molecule has 0 aliphatic rings. The maximum Gasteiger partial charge on any atom is 0.276 e. The Labute approximate surface area is 107 Å². The number of nitrogens with zero attached hydrogens (tertiary/aromatic N) is 3. The molecule has 2 rings (SSSR count). The molecule has 0 atom stereocenters. The Morgan fingerprint density at radius 2 is 2.00 bits per heavy atom. The number of rotatable bonds is 3. The molecule has 0 bridgehead atoms. The van der Waals surface area contributed by atoms with Crippen molar-refractivity contribution in [2.45, 2.75) is 46.6 Å². The fraction of sp³-hybridized carbons (Fsp3) is 0.500. The molecule has 4 nitrogen and oxygen atoms in total. The molecule has 0 saturated carbocycles. The van der Waals surface area contributed by atoms with Crippen molar-refractivity contribution in [2.75, 3.05) is 0 Å². The summed E-state index contributed by atoms with van der Waals surface area (Å²) in [5, 5.41) is 5.05. The third-order valence-electron chi connectivity index (χ3n) is 3.12. The van der Waals surface area contributed by atoms with Crippen LogP contribution in [0.15, 0.2) is 16.9 Å². The predicted octanol–water partition coefficient (Wildman–Crippen LogP) is 2.50. The van der Waals surface area contributed by atoms with E-state index in [4.69, 9.17) is 0 Å². The van der Waals surface area contributed by atoms with Gasteiger partial charge in [-0.2, -0.15) is 5.10 Å². The van der Waals surface area contributed by atoms with Gasteiger partial charge in [-0.05, 0) is 31.4 Å². The molecule has 0 aliphatic carbocycles. The molecule has 0 spiro atoms. The lowest BCUT2D eigenvalue weighted by Crippen LogP contribution is -2.24. The highest BCUT2D eigenvalue weighted by molar-refractivity contribution is 5.79. The molecule has 4 heteroatoms. The van der Waals surface area contributed by atoms with Gasteiger partial charge in [0.05, 0.1) is 16.6 Å². The highest BCUT2D eigenvalue weighted by atomic mass is 16.1. The summed E-state index contributed by atoms with van der Waals surface area (Å²) in [6.07, 6.45) is 0.783. The molecule has 0 aliphatic heterocycles. The Balaban J connectivity index is 2.82. The van der Waals surface area contributed by atoms with Gasteiger partial charge in [-0.25, -0.2) is 4.68 Å². The third kappa shape index (κ3) is 2.03. The number of hydrogen-bond acceptors (Lipinski definition) is 3. The Morgan fingerprint density at radius 3 is 2.56 bits per heavy atom. The topological polar surface area (TPSA) is 47.8 Å². The van der Waals surface area contributed by atoms with Crippen LogP contribution in [0.4, 0.5) is 0 Å². The largest absolute Gasteiger partial charge is 0.276 e. The lowest BCUT2D eigenvalue weighted by atomic mass is 10.1. The van der Waals surface area contributed by atoms with Crippen LogP contribution in [0.3, 0.4) is 0 Å². The summed E-state index contributed by atoms with van der Waals surface area (Å²) < 4.78 is 1.51. The first kappa shape index (κ1) is 12.7. The first-order valence-corrected chi connectivity index (χ1v) is 6.49. The molecule has 0 N–H and O–H groups in total. The second-order valence-corrected chi connectivity index (χ2v) is 4.71. The molecule has 2 aromatic heterocycles. The van der Waals surface area contributed by atoms with E-state index in [2.05, 4.69) is 23.9 Å². The van der Waals surface area contributed by atoms with Crippen molar-refractivity contribution < 1.29 is 0 Å². The van der Waals surface area contributed by atoms with Gasteiger partial charge in [-0.1, -0.05) is 20.8 Å². The summed E-state index contributed by atoms with van der Waals surface area (Å²) in [5.74, 6) is 0.354. The molecule has 0 fully saturated rings. The molecule has 0 saturated heterocycles. The summed E-state index contributed by atoms with van der Waals surface area (Å²) in [4.78, 5) is 16.8. The number of aryl methyl sites for hydroxylation is 2. The third-order valence-corrected chi connectivity index (χ3v) is 3.12. The summed E-state index contributed by atoms with van der Waals surface area (Å²) in [6, 6.07) is 3.82. The summed E-state index contributed by atoms with van der Waals surface area (Å²) in [7, 11) is 0. The Hall–Kier alpha value is -1.71. The van der Waals surface area contributed by atoms with Gasteiger partial charge >= 0.3 is 0 Å². The van der Waals surface area contributed by atoms with Crippen molar-refractivity contribution in [1.29, 1.82) is 0 Å². The lowest BCUT2D eigenvalue weighted by molar-refractivity contribution is 0.607. The number of hydrogen-bond donors (Lipinski definition) is 0. The van der Waals surface area contributed by atoms with Gasteiger partial charge in [-0.15, -0.1) is 0 Å². The minimum Gasteiger partial charge on any atom is -0.267 e. The van der Waals surface area contributed by atoms with Crippen LogP contribution in [0.1, 0.15) is 45.0 Å². The van der Waals surface area contributed by atoms with E-state index in [-0.39, 0.29) is 5.56 Å². The van der Waals surface area contributed by atoms with Crippen LogP contribution in [0, 0.1) is 0 Å². The van der Waals surface area contributed by atoms with Crippen LogP contribution in [0.5, 0.6) is 0 Å². The Morgan fingerprint density at radius 1 is 1.28 bits per heavy atom. The zero-order valence-corrected chi connectivity index (χ0v) is 11.4. The zero-order valence-electron chi connectivity index (χ0n) is 11.4. The quantitative estimate of drug-likeness (QED) is 0.834. The van der Waals surface area contributed by atoms with E-state index >= 15 is 0 Å². The van der Waals surface area contributed by atoms with E-state index < -0.39 is 0 Å². The fourth-order valence-corrected chi connectivity index (χ4v) is 2.02. The maximum absolute atomic E-state index is 12.2. The van der Waals surface area contributed by atoms with Gasteiger partial charge in [0, 0.05) is 12.2 Å². The average molecular weight is 245 g/mol. The highest BCUT2D eigenvalue weighted by Crippen LogP contribution is 2.17. The second kappa shape index (κ2) is 4.88. The SMILES string of the molecule is CCc1nn(CC)c(=O)c2ccc(C(C)C)nc12. The van der Waals surface area contributed by atoms with E-state index in [0.717, 1.165) is 23.3 Å². The van der Waals surface area contributed by atoms with Gasteiger partial charge in [-0.3, -0.25) is 9.78 Å². The van der Waals surface area contributed by atoms with Crippen LogP contribution >= 0.6 is 0 Å². The Kier molecular flexibility index (Phi) is 3.45. The van der Waals surface area contributed by atoms with E-state index in [1.807, 2.05) is 26.0 Å². The van der Waals surface area contributed by atoms with Crippen LogP contribution < -0.4 is 5.56 Å². The molecule has 0 aromatic carbocycles. The van der Waals surface area contributed by atoms with Crippen molar-refractivity contribution in [3.8, 4) is 0 Å². The van der Waals surface area contributed by atoms with Gasteiger partial charge < -0.3 is 0 Å². The molecule has 2 heterocycles. The van der Waals surface area contributed by atoms with Crippen molar-refractivity contribution in [3.05, 3.63) is 33.9 Å². The standard InChI is InChI=1S/C14H19N3O/c1-5-11-13-10(14(18)17(6-2)16-11)7-8-12(15-13)9(3)4/h7-9H,5-6H2,1-4H3. The van der Waals surface area contributed by atoms with E-state index in [9.17, 15) is 4.79 Å². The van der Waals surface area contributed by atoms with Crippen LogP contribution in [-0.2, 0) is 13.0 Å². The van der Waals surface area contributed by atoms with Gasteiger partial charge in [0.25, 0.3) is 5.56 Å². The van der Waals surface area contributed by atoms with Crippen LogP contribution in [-0.4, -0.2) is 14.8 Å². The zero-order chi connectivity index (χ0) is 13.3. The molecule has 2 aromatic rings. The van der Waals surface area contributed by atoms with Gasteiger partial charge in [0.1, 0.15) is 0 Å². The van der Waals surface area contributed by atoms with E-state index in [1.165, 1.54) is 4.68 Å². The van der Waals surface area contributed by atoms with E-state index in [1.54, 1.807) is 0 Å². The highest BCUT2D eigenvalue weighted by Gasteiger charge is 2.11. The molecule has 96 valence electrons. The van der Waals surface area contributed by atoms with Gasteiger partial charge in [0.2, 0.25) is 0 Å². The van der Waals surface area contributed by atoms with Crippen molar-refractivity contribution >= 4 is 10.9 Å². The number of pyridine rings is 1. The number of fused-ring (bicyclic) bond motifs is 1. The fourth-order valence-electron chi connectivity index (χ4n) is 2.02. The van der Waals surface area contributed by atoms with E-state index in [0.29, 0.717) is 17.8 Å². The minimum absolute atomic E-state index is 0.0486. The Bertz CT molecular complexity index is 629. The smallest absolute Gasteiger partial charge is 0.267 e. The van der Waals surface area contributed by atoms with Crippen molar-refractivity contribution in [3.63, 3.8) is 0 Å². The van der Waals surface area contributed by atoms with Crippen molar-refractivity contribution in [2.24, 2.45) is 0 Å². The molecular formula is C14H19N3O. The summed E-state index contributed by atoms with van der Waals surface area (Å²) in [5.41, 5.74) is 2.62. The van der Waals surface area contributed by atoms with Gasteiger partial charge in [0.15, 0.2) is 0 Å². The molecule has 18 heavy (non-hydrogen) atoms. The van der Waals surface area contributed by atoms with Crippen LogP contribution in [0.2, 0.25) is 0 Å². The maximum atomic E-state index is 12.2. The summed E-state index contributed by atoms with van der Waals surface area (Å²) in [6.45, 7) is 8.75. The monoisotopic (exact) mass is 245 g/mol. The first-order valence-electron chi connectivity index (χ1n) is 6.49. The average Bonchev–Trinajstić information content (AvgIpc) is 2.38. The molecule has 0 amide bonds. The molecular weight excluding hydrogens is 226 g/mol. The number of aromatic nitrogens is 3.